The van der Waals surface area contributed by atoms with Gasteiger partial charge in [-0.1, -0.05) is 0 Å². The van der Waals surface area contributed by atoms with Crippen LogP contribution in [0, 0.1) is 0 Å². The molecule has 1 fully saturated rings. The zero-order valence-corrected chi connectivity index (χ0v) is 6.52. The van der Waals surface area contributed by atoms with Crippen LogP contribution >= 0.6 is 0 Å². The molecule has 1 rings (SSSR count). The number of Topliss-reactive ketones (excluding diaryl/α,β-unsaturated/α-hetero) is 1. The molecule has 64 valence electrons. The van der Waals surface area contributed by atoms with Gasteiger partial charge in [0, 0.05) is 0 Å². The van der Waals surface area contributed by atoms with E-state index in [2.05, 4.69) is 0 Å². The van der Waals surface area contributed by atoms with E-state index in [-0.39, 0.29) is 0 Å². The third-order valence-corrected chi connectivity index (χ3v) is 1.90. The lowest BCUT2D eigenvalue weighted by molar-refractivity contribution is -0.176. The lowest BCUT2D eigenvalue weighted by Gasteiger charge is -2.32. The van der Waals surface area contributed by atoms with Crippen molar-refractivity contribution in [2.24, 2.45) is 0 Å². The normalized spacial score (nSPS) is 46.0. The van der Waals surface area contributed by atoms with Crippen LogP contribution in [0.25, 0.3) is 0 Å². The second-order valence-corrected chi connectivity index (χ2v) is 2.84. The second kappa shape index (κ2) is 2.89. The quantitative estimate of drug-likeness (QED) is 0.481. The smallest absolute Gasteiger partial charge is 0.194 e. The standard InChI is InChI=1S/C7H12O4/c1-3-5(8)7(10)6(9)4(2)11-3/h3-6,8-9H,1-2H3/t3-,4?,5?,6?/m0/s1. The SMILES string of the molecule is CC1O[C@@H](C)C(O)C(=O)C1O. The van der Waals surface area contributed by atoms with E-state index in [9.17, 15) is 4.79 Å². The maximum atomic E-state index is 11.0. The number of ether oxygens (including phenoxy) is 1. The van der Waals surface area contributed by atoms with E-state index in [0.717, 1.165) is 0 Å². The van der Waals surface area contributed by atoms with Crippen molar-refractivity contribution < 1.29 is 19.7 Å². The van der Waals surface area contributed by atoms with Crippen LogP contribution in [-0.2, 0) is 9.53 Å². The minimum atomic E-state index is -1.18. The van der Waals surface area contributed by atoms with E-state index in [4.69, 9.17) is 14.9 Å². The minimum Gasteiger partial charge on any atom is -0.382 e. The Morgan fingerprint density at radius 3 is 1.91 bits per heavy atom. The number of ketones is 1. The molecule has 4 heteroatoms. The van der Waals surface area contributed by atoms with Gasteiger partial charge in [-0.25, -0.2) is 0 Å². The van der Waals surface area contributed by atoms with Crippen LogP contribution in [0.3, 0.4) is 0 Å². The summed E-state index contributed by atoms with van der Waals surface area (Å²) in [5.74, 6) is -0.545. The van der Waals surface area contributed by atoms with E-state index >= 15 is 0 Å². The lowest BCUT2D eigenvalue weighted by atomic mass is 9.98. The predicted molar refractivity (Wildman–Crippen MR) is 37.0 cm³/mol. The Balaban J connectivity index is 2.71. The molecule has 1 heterocycles. The third kappa shape index (κ3) is 1.42. The van der Waals surface area contributed by atoms with Gasteiger partial charge in [-0.3, -0.25) is 4.79 Å². The van der Waals surface area contributed by atoms with Crippen LogP contribution in [-0.4, -0.2) is 40.4 Å². The summed E-state index contributed by atoms with van der Waals surface area (Å²) in [5.41, 5.74) is 0. The summed E-state index contributed by atoms with van der Waals surface area (Å²) in [6, 6.07) is 0. The molecule has 2 N–H and O–H groups in total. The number of hydrogen-bond acceptors (Lipinski definition) is 4. The summed E-state index contributed by atoms with van der Waals surface area (Å²) in [6.07, 6.45) is -3.39. The van der Waals surface area contributed by atoms with Crippen molar-refractivity contribution in [1.82, 2.24) is 0 Å². The Labute approximate surface area is 64.8 Å². The molecule has 0 aromatic rings. The monoisotopic (exact) mass is 160 g/mol. The molecule has 0 radical (unpaired) electrons. The fourth-order valence-corrected chi connectivity index (χ4v) is 1.13. The average molecular weight is 160 g/mol. The lowest BCUT2D eigenvalue weighted by Crippen LogP contribution is -2.52. The number of carbonyl (C=O) groups is 1. The maximum absolute atomic E-state index is 11.0. The van der Waals surface area contributed by atoms with Gasteiger partial charge >= 0.3 is 0 Å². The molecular weight excluding hydrogens is 148 g/mol. The Morgan fingerprint density at radius 2 is 1.55 bits per heavy atom. The highest BCUT2D eigenvalue weighted by molar-refractivity contribution is 5.88. The summed E-state index contributed by atoms with van der Waals surface area (Å²) in [4.78, 5) is 11.0. The van der Waals surface area contributed by atoms with Gasteiger partial charge in [0.15, 0.2) is 5.78 Å². The second-order valence-electron chi connectivity index (χ2n) is 2.84. The molecule has 0 spiro atoms. The molecule has 0 amide bonds. The van der Waals surface area contributed by atoms with Gasteiger partial charge in [0.1, 0.15) is 12.2 Å². The number of aliphatic hydroxyl groups excluding tert-OH is 2. The van der Waals surface area contributed by atoms with Crippen LogP contribution in [0.2, 0.25) is 0 Å². The molecule has 0 aromatic heterocycles. The number of rotatable bonds is 0. The van der Waals surface area contributed by atoms with Gasteiger partial charge < -0.3 is 14.9 Å². The highest BCUT2D eigenvalue weighted by atomic mass is 16.5. The van der Waals surface area contributed by atoms with Gasteiger partial charge in [0.25, 0.3) is 0 Å². The minimum absolute atomic E-state index is 0.513. The van der Waals surface area contributed by atoms with Crippen molar-refractivity contribution in [3.63, 3.8) is 0 Å². The number of aliphatic hydroxyl groups is 2. The van der Waals surface area contributed by atoms with E-state index in [1.807, 2.05) is 0 Å². The van der Waals surface area contributed by atoms with Crippen molar-refractivity contribution in [3.8, 4) is 0 Å². The molecule has 1 aliphatic heterocycles. The molecular formula is C7H12O4. The summed E-state index contributed by atoms with van der Waals surface area (Å²) in [7, 11) is 0. The summed E-state index contributed by atoms with van der Waals surface area (Å²) >= 11 is 0. The largest absolute Gasteiger partial charge is 0.382 e. The van der Waals surface area contributed by atoms with E-state index < -0.39 is 30.2 Å². The number of carbonyl (C=O) groups excluding carboxylic acids is 1. The first kappa shape index (κ1) is 8.64. The van der Waals surface area contributed by atoms with Crippen molar-refractivity contribution in [1.29, 1.82) is 0 Å². The number of hydrogen-bond donors (Lipinski definition) is 2. The zero-order valence-electron chi connectivity index (χ0n) is 6.52. The Hall–Kier alpha value is -0.450. The Morgan fingerprint density at radius 1 is 1.18 bits per heavy atom. The molecule has 4 nitrogen and oxygen atoms in total. The van der Waals surface area contributed by atoms with E-state index in [1.54, 1.807) is 13.8 Å². The van der Waals surface area contributed by atoms with Crippen LogP contribution in [0.15, 0.2) is 0 Å². The molecule has 4 atom stereocenters. The van der Waals surface area contributed by atoms with Crippen LogP contribution in [0.4, 0.5) is 0 Å². The van der Waals surface area contributed by atoms with E-state index in [1.165, 1.54) is 0 Å². The Bertz CT molecular complexity index is 152. The summed E-state index contributed by atoms with van der Waals surface area (Å²) < 4.78 is 5.06. The van der Waals surface area contributed by atoms with Gasteiger partial charge in [-0.15, -0.1) is 0 Å². The zero-order chi connectivity index (χ0) is 8.59. The molecule has 1 saturated heterocycles. The topological polar surface area (TPSA) is 66.8 Å². The van der Waals surface area contributed by atoms with E-state index in [0.29, 0.717) is 0 Å². The van der Waals surface area contributed by atoms with Gasteiger partial charge in [-0.2, -0.15) is 0 Å². The summed E-state index contributed by atoms with van der Waals surface area (Å²) in [6.45, 7) is 3.20. The van der Waals surface area contributed by atoms with Gasteiger partial charge in [-0.05, 0) is 13.8 Å². The van der Waals surface area contributed by atoms with Crippen LogP contribution in [0.5, 0.6) is 0 Å². The Kier molecular flexibility index (Phi) is 2.27. The van der Waals surface area contributed by atoms with Crippen molar-refractivity contribution in [2.75, 3.05) is 0 Å². The summed E-state index contributed by atoms with van der Waals surface area (Å²) in [5, 5.41) is 18.2. The molecule has 3 unspecified atom stereocenters. The first-order valence-electron chi connectivity index (χ1n) is 3.59. The first-order valence-corrected chi connectivity index (χ1v) is 3.59. The molecule has 0 bridgehead atoms. The molecule has 0 aromatic carbocycles. The third-order valence-electron chi connectivity index (χ3n) is 1.90. The van der Waals surface area contributed by atoms with Crippen molar-refractivity contribution >= 4 is 5.78 Å². The van der Waals surface area contributed by atoms with Gasteiger partial charge in [0.2, 0.25) is 0 Å². The fraction of sp³-hybridized carbons (Fsp3) is 0.857. The molecule has 1 aliphatic rings. The first-order chi connectivity index (χ1) is 5.04. The van der Waals surface area contributed by atoms with Gasteiger partial charge in [0.05, 0.1) is 12.2 Å². The predicted octanol–water partition coefficient (Wildman–Crippen LogP) is -0.916. The molecule has 0 saturated carbocycles. The molecule has 11 heavy (non-hydrogen) atoms. The average Bonchev–Trinajstić information content (AvgIpc) is 1.97. The van der Waals surface area contributed by atoms with Crippen LogP contribution in [0.1, 0.15) is 13.8 Å². The highest BCUT2D eigenvalue weighted by Crippen LogP contribution is 2.16. The van der Waals surface area contributed by atoms with Crippen LogP contribution < -0.4 is 0 Å². The van der Waals surface area contributed by atoms with Crippen molar-refractivity contribution in [3.05, 3.63) is 0 Å². The molecule has 0 aliphatic carbocycles. The fourth-order valence-electron chi connectivity index (χ4n) is 1.13. The maximum Gasteiger partial charge on any atom is 0.194 e. The highest BCUT2D eigenvalue weighted by Gasteiger charge is 2.38. The van der Waals surface area contributed by atoms with Crippen molar-refractivity contribution in [2.45, 2.75) is 38.3 Å².